The number of guanidine groups is 1. The van der Waals surface area contributed by atoms with Crippen LogP contribution < -0.4 is 16.0 Å². The van der Waals surface area contributed by atoms with Gasteiger partial charge in [-0.3, -0.25) is 4.68 Å². The molecule has 2 heterocycles. The first-order chi connectivity index (χ1) is 14.1. The van der Waals surface area contributed by atoms with Gasteiger partial charge in [0.1, 0.15) is 18.7 Å². The van der Waals surface area contributed by atoms with Gasteiger partial charge in [-0.15, -0.1) is 24.0 Å². The molecule has 1 aliphatic rings. The number of hydrogen-bond donors (Lipinski definition) is 3. The van der Waals surface area contributed by atoms with E-state index in [-0.39, 0.29) is 35.6 Å². The van der Waals surface area contributed by atoms with Crippen molar-refractivity contribution in [3.63, 3.8) is 0 Å². The van der Waals surface area contributed by atoms with E-state index in [1.165, 1.54) is 5.56 Å². The quantitative estimate of drug-likeness (QED) is 0.278. The summed E-state index contributed by atoms with van der Waals surface area (Å²) in [6.45, 7) is 7.88. The Bertz CT molecular complexity index is 775. The highest BCUT2D eigenvalue weighted by molar-refractivity contribution is 14.0. The Labute approximate surface area is 196 Å². The van der Waals surface area contributed by atoms with E-state index in [9.17, 15) is 0 Å². The zero-order chi connectivity index (χ0) is 20.5. The molecule has 2 aromatic rings. The number of ether oxygens (including phenoxy) is 1. The third-order valence-corrected chi connectivity index (χ3v) is 5.39. The van der Waals surface area contributed by atoms with Crippen molar-refractivity contribution in [3.05, 3.63) is 48.0 Å². The summed E-state index contributed by atoms with van der Waals surface area (Å²) in [6, 6.07) is 10.8. The molecule has 0 aliphatic carbocycles. The lowest BCUT2D eigenvalue weighted by atomic mass is 9.88. The first-order valence-corrected chi connectivity index (χ1v) is 10.4. The van der Waals surface area contributed by atoms with Crippen LogP contribution in [0.2, 0.25) is 0 Å². The van der Waals surface area contributed by atoms with Crippen molar-refractivity contribution in [2.75, 3.05) is 26.3 Å². The summed E-state index contributed by atoms with van der Waals surface area (Å²) in [5.41, 5.74) is 1.25. The summed E-state index contributed by atoms with van der Waals surface area (Å²) < 4.78 is 7.39. The molecule has 1 aromatic heterocycles. The summed E-state index contributed by atoms with van der Waals surface area (Å²) >= 11 is 0. The molecule has 1 atom stereocenters. The molecular weight excluding hydrogens is 493 g/mol. The zero-order valence-electron chi connectivity index (χ0n) is 18.1. The van der Waals surface area contributed by atoms with Gasteiger partial charge in [0.05, 0.1) is 0 Å². The van der Waals surface area contributed by atoms with Gasteiger partial charge in [0.15, 0.2) is 5.96 Å². The molecule has 1 aliphatic heterocycles. The van der Waals surface area contributed by atoms with Crippen LogP contribution in [0.3, 0.4) is 0 Å². The Morgan fingerprint density at radius 3 is 2.60 bits per heavy atom. The lowest BCUT2D eigenvalue weighted by Crippen LogP contribution is -2.58. The summed E-state index contributed by atoms with van der Waals surface area (Å²) in [5, 5.41) is 14.8. The highest BCUT2D eigenvalue weighted by Crippen LogP contribution is 2.25. The van der Waals surface area contributed by atoms with Gasteiger partial charge in [-0.05, 0) is 32.3 Å². The van der Waals surface area contributed by atoms with Crippen molar-refractivity contribution < 1.29 is 4.74 Å². The van der Waals surface area contributed by atoms with Gasteiger partial charge >= 0.3 is 0 Å². The van der Waals surface area contributed by atoms with E-state index in [0.717, 1.165) is 50.9 Å². The predicted molar refractivity (Wildman–Crippen MR) is 130 cm³/mol. The van der Waals surface area contributed by atoms with Gasteiger partial charge < -0.3 is 20.7 Å². The molecular formula is C21H34IN7O. The van der Waals surface area contributed by atoms with Crippen molar-refractivity contribution in [2.45, 2.75) is 44.8 Å². The van der Waals surface area contributed by atoms with E-state index in [1.54, 1.807) is 11.0 Å². The fourth-order valence-electron chi connectivity index (χ4n) is 3.63. The average molecular weight is 527 g/mol. The number of hydrogen-bond acceptors (Lipinski definition) is 5. The van der Waals surface area contributed by atoms with Gasteiger partial charge in [0.25, 0.3) is 0 Å². The van der Waals surface area contributed by atoms with Crippen molar-refractivity contribution in [2.24, 2.45) is 12.0 Å². The van der Waals surface area contributed by atoms with Gasteiger partial charge in [-0.1, -0.05) is 30.3 Å². The van der Waals surface area contributed by atoms with Crippen molar-refractivity contribution in [1.29, 1.82) is 0 Å². The second-order valence-corrected chi connectivity index (χ2v) is 7.52. The molecule has 0 radical (unpaired) electrons. The van der Waals surface area contributed by atoms with Gasteiger partial charge in [-0.25, -0.2) is 9.98 Å². The zero-order valence-corrected chi connectivity index (χ0v) is 20.4. The highest BCUT2D eigenvalue weighted by Gasteiger charge is 2.34. The van der Waals surface area contributed by atoms with E-state index < -0.39 is 0 Å². The Morgan fingerprint density at radius 2 is 1.97 bits per heavy atom. The molecule has 30 heavy (non-hydrogen) atoms. The van der Waals surface area contributed by atoms with E-state index >= 15 is 0 Å². The summed E-state index contributed by atoms with van der Waals surface area (Å²) in [4.78, 5) is 8.93. The standard InChI is InChI=1S/C21H33N7O.HI/c1-4-22-20(23-14-19-25-16-26-28(19)3)24-15-21(10-12-29-13-11-21)27-17(2)18-8-6-5-7-9-18;/h5-9,16-17,27H,4,10-15H2,1-3H3,(H2,22,23,24);1H. The Kier molecular flexibility index (Phi) is 9.99. The Morgan fingerprint density at radius 1 is 1.23 bits per heavy atom. The maximum Gasteiger partial charge on any atom is 0.191 e. The van der Waals surface area contributed by atoms with Crippen molar-refractivity contribution >= 4 is 29.9 Å². The predicted octanol–water partition coefficient (Wildman–Crippen LogP) is 2.39. The van der Waals surface area contributed by atoms with Gasteiger partial charge in [0.2, 0.25) is 0 Å². The minimum Gasteiger partial charge on any atom is -0.381 e. The topological polar surface area (TPSA) is 88.4 Å². The molecule has 3 N–H and O–H groups in total. The van der Waals surface area contributed by atoms with Crippen LogP contribution in [0.1, 0.15) is 44.1 Å². The lowest BCUT2D eigenvalue weighted by molar-refractivity contribution is 0.0355. The fraction of sp³-hybridized carbons (Fsp3) is 0.571. The van der Waals surface area contributed by atoms with Crippen molar-refractivity contribution in [1.82, 2.24) is 30.7 Å². The van der Waals surface area contributed by atoms with E-state index in [1.807, 2.05) is 7.05 Å². The molecule has 3 rings (SSSR count). The molecule has 0 saturated carbocycles. The van der Waals surface area contributed by atoms with Crippen LogP contribution in [-0.2, 0) is 18.3 Å². The summed E-state index contributed by atoms with van der Waals surface area (Å²) in [5.74, 6) is 1.62. The number of benzene rings is 1. The number of aliphatic imine (C=N–C) groups is 1. The smallest absolute Gasteiger partial charge is 0.191 e. The minimum atomic E-state index is -0.0471. The SMILES string of the molecule is CCNC(=NCc1ncnn1C)NCC1(NC(C)c2ccccc2)CCOCC1.I. The van der Waals surface area contributed by atoms with Crippen LogP contribution in [0.25, 0.3) is 0 Å². The van der Waals surface area contributed by atoms with Gasteiger partial charge in [-0.2, -0.15) is 5.10 Å². The van der Waals surface area contributed by atoms with Crippen molar-refractivity contribution in [3.8, 4) is 0 Å². The molecule has 0 bridgehead atoms. The van der Waals surface area contributed by atoms with Gasteiger partial charge in [0, 0.05) is 44.9 Å². The molecule has 0 amide bonds. The Balaban J connectivity index is 0.00000320. The molecule has 0 spiro atoms. The molecule has 1 fully saturated rings. The highest BCUT2D eigenvalue weighted by atomic mass is 127. The monoisotopic (exact) mass is 527 g/mol. The maximum absolute atomic E-state index is 5.64. The van der Waals surface area contributed by atoms with Crippen LogP contribution in [0.4, 0.5) is 0 Å². The maximum atomic E-state index is 5.64. The molecule has 1 saturated heterocycles. The number of aryl methyl sites for hydroxylation is 1. The summed E-state index contributed by atoms with van der Waals surface area (Å²) in [7, 11) is 1.88. The minimum absolute atomic E-state index is 0. The third kappa shape index (κ3) is 6.92. The van der Waals surface area contributed by atoms with Crippen LogP contribution >= 0.6 is 24.0 Å². The van der Waals surface area contributed by atoms with E-state index in [4.69, 9.17) is 4.74 Å². The lowest BCUT2D eigenvalue weighted by Gasteiger charge is -2.41. The Hall–Kier alpha value is -1.72. The van der Waals surface area contributed by atoms with E-state index in [0.29, 0.717) is 6.54 Å². The number of aromatic nitrogens is 3. The normalized spacial score (nSPS) is 17.1. The number of nitrogens with one attached hydrogen (secondary N) is 3. The molecule has 9 heteroatoms. The first kappa shape index (κ1) is 24.5. The van der Waals surface area contributed by atoms with Crippen LogP contribution in [0.15, 0.2) is 41.7 Å². The van der Waals surface area contributed by atoms with Crippen LogP contribution in [0, 0.1) is 0 Å². The van der Waals surface area contributed by atoms with Crippen LogP contribution in [-0.4, -0.2) is 52.6 Å². The second-order valence-electron chi connectivity index (χ2n) is 7.52. The molecule has 166 valence electrons. The second kappa shape index (κ2) is 12.2. The van der Waals surface area contributed by atoms with E-state index in [2.05, 4.69) is 75.2 Å². The first-order valence-electron chi connectivity index (χ1n) is 10.4. The number of halogens is 1. The number of nitrogens with zero attached hydrogens (tertiary/aromatic N) is 4. The molecule has 1 unspecified atom stereocenters. The van der Waals surface area contributed by atoms with Crippen LogP contribution in [0.5, 0.6) is 0 Å². The third-order valence-electron chi connectivity index (χ3n) is 5.39. The fourth-order valence-corrected chi connectivity index (χ4v) is 3.63. The molecule has 1 aromatic carbocycles. The number of rotatable bonds is 8. The summed E-state index contributed by atoms with van der Waals surface area (Å²) in [6.07, 6.45) is 3.47. The molecule has 8 nitrogen and oxygen atoms in total. The largest absolute Gasteiger partial charge is 0.381 e. The average Bonchev–Trinajstić information content (AvgIpc) is 3.16.